The molecule has 3 aromatic rings. The van der Waals surface area contributed by atoms with Crippen molar-refractivity contribution in [1.82, 2.24) is 4.98 Å². The molecule has 7 heteroatoms. The molecule has 2 heterocycles. The van der Waals surface area contributed by atoms with Crippen molar-refractivity contribution in [3.63, 3.8) is 0 Å². The maximum atomic E-state index is 12.7. The maximum absolute atomic E-state index is 12.7. The highest BCUT2D eigenvalue weighted by Gasteiger charge is 2.36. The summed E-state index contributed by atoms with van der Waals surface area (Å²) in [6, 6.07) is 13.5. The number of nitrogens with one attached hydrogen (secondary N) is 1. The van der Waals surface area contributed by atoms with Crippen molar-refractivity contribution in [3.05, 3.63) is 75.7 Å². The highest BCUT2D eigenvalue weighted by atomic mass is 32.1. The first-order valence-corrected chi connectivity index (χ1v) is 10.1. The Kier molecular flexibility index (Phi) is 4.98. The number of amides is 3. The molecule has 0 saturated heterocycles. The largest absolute Gasteiger partial charge is 0.326 e. The molecule has 0 unspecified atom stereocenters. The number of imide groups is 1. The molecule has 0 bridgehead atoms. The Hall–Kier alpha value is -3.32. The van der Waals surface area contributed by atoms with Gasteiger partial charge in [-0.25, -0.2) is 9.88 Å². The molecule has 1 aromatic heterocycles. The van der Waals surface area contributed by atoms with Gasteiger partial charge in [-0.1, -0.05) is 32.0 Å². The Labute approximate surface area is 172 Å². The summed E-state index contributed by atoms with van der Waals surface area (Å²) in [4.78, 5) is 43.3. The first kappa shape index (κ1) is 19.0. The number of hydrogen-bond acceptors (Lipinski definition) is 5. The van der Waals surface area contributed by atoms with Gasteiger partial charge in [-0.15, -0.1) is 11.3 Å². The Bertz CT molecular complexity index is 1080. The van der Waals surface area contributed by atoms with E-state index in [1.807, 2.05) is 5.38 Å². The predicted octanol–water partition coefficient (Wildman–Crippen LogP) is 4.25. The maximum Gasteiger partial charge on any atom is 0.266 e. The number of hydrogen-bond donors (Lipinski definition) is 1. The highest BCUT2D eigenvalue weighted by Crippen LogP contribution is 2.29. The minimum atomic E-state index is -0.363. The van der Waals surface area contributed by atoms with Gasteiger partial charge >= 0.3 is 0 Å². The van der Waals surface area contributed by atoms with Crippen LogP contribution in [-0.2, 0) is 11.2 Å². The zero-order chi connectivity index (χ0) is 20.5. The second-order valence-corrected chi connectivity index (χ2v) is 7.99. The zero-order valence-corrected chi connectivity index (χ0v) is 16.8. The van der Waals surface area contributed by atoms with Crippen LogP contribution in [0.5, 0.6) is 0 Å². The third-order valence-electron chi connectivity index (χ3n) is 4.59. The number of aromatic nitrogens is 1. The molecule has 1 aliphatic heterocycles. The quantitative estimate of drug-likeness (QED) is 0.644. The molecule has 0 radical (unpaired) electrons. The molecule has 0 saturated carbocycles. The Morgan fingerprint density at radius 1 is 1.07 bits per heavy atom. The van der Waals surface area contributed by atoms with Gasteiger partial charge < -0.3 is 5.32 Å². The fraction of sp³-hybridized carbons (Fsp3) is 0.182. The van der Waals surface area contributed by atoms with Crippen molar-refractivity contribution in [3.8, 4) is 0 Å². The van der Waals surface area contributed by atoms with Crippen molar-refractivity contribution >= 4 is 40.4 Å². The normalized spacial score (nSPS) is 13.1. The molecule has 0 aliphatic carbocycles. The van der Waals surface area contributed by atoms with Gasteiger partial charge in [0.2, 0.25) is 5.91 Å². The van der Waals surface area contributed by atoms with E-state index >= 15 is 0 Å². The molecule has 6 nitrogen and oxygen atoms in total. The van der Waals surface area contributed by atoms with E-state index in [0.717, 1.165) is 15.6 Å². The van der Waals surface area contributed by atoms with Crippen LogP contribution in [0.4, 0.5) is 11.4 Å². The number of nitrogens with zero attached hydrogens (tertiary/aromatic N) is 2. The van der Waals surface area contributed by atoms with E-state index in [-0.39, 0.29) is 24.1 Å². The van der Waals surface area contributed by atoms with Crippen LogP contribution in [0.25, 0.3) is 0 Å². The number of carbonyl (C=O) groups is 3. The van der Waals surface area contributed by atoms with Gasteiger partial charge in [-0.2, -0.15) is 0 Å². The topological polar surface area (TPSA) is 79.4 Å². The number of carbonyl (C=O) groups excluding carboxylic acids is 3. The third kappa shape index (κ3) is 3.69. The fourth-order valence-corrected chi connectivity index (χ4v) is 4.02. The zero-order valence-electron chi connectivity index (χ0n) is 16.0. The molecule has 1 N–H and O–H groups in total. The molecular weight excluding hydrogens is 386 g/mol. The van der Waals surface area contributed by atoms with Crippen LogP contribution in [0.2, 0.25) is 0 Å². The van der Waals surface area contributed by atoms with E-state index in [4.69, 9.17) is 0 Å². The summed E-state index contributed by atoms with van der Waals surface area (Å²) in [6.45, 7) is 4.13. The summed E-state index contributed by atoms with van der Waals surface area (Å²) in [7, 11) is 0. The minimum absolute atomic E-state index is 0.167. The molecule has 0 spiro atoms. The van der Waals surface area contributed by atoms with Gasteiger partial charge in [0.05, 0.1) is 33.9 Å². The number of anilines is 2. The van der Waals surface area contributed by atoms with Gasteiger partial charge in [0.15, 0.2) is 0 Å². The minimum Gasteiger partial charge on any atom is -0.326 e. The smallest absolute Gasteiger partial charge is 0.266 e. The van der Waals surface area contributed by atoms with Crippen molar-refractivity contribution in [2.45, 2.75) is 26.2 Å². The molecule has 1 aliphatic rings. The van der Waals surface area contributed by atoms with Gasteiger partial charge in [0.25, 0.3) is 11.8 Å². The third-order valence-corrected chi connectivity index (χ3v) is 5.78. The first-order chi connectivity index (χ1) is 13.9. The van der Waals surface area contributed by atoms with E-state index in [9.17, 15) is 14.4 Å². The van der Waals surface area contributed by atoms with Gasteiger partial charge in [-0.05, 0) is 30.3 Å². The lowest BCUT2D eigenvalue weighted by Gasteiger charge is -2.15. The standard InChI is InChI=1S/C22H19N3O3S/c1-13(2)20-24-15(12-29-20)11-19(26)23-14-6-5-7-16(10-14)25-21(27)17-8-3-4-9-18(17)22(25)28/h3-10,12-13H,11H2,1-2H3,(H,23,26). The van der Waals surface area contributed by atoms with Crippen LogP contribution in [-0.4, -0.2) is 22.7 Å². The SMILES string of the molecule is CC(C)c1nc(CC(=O)Nc2cccc(N3C(=O)c4ccccc4C3=O)c2)cs1. The summed E-state index contributed by atoms with van der Waals surface area (Å²) in [5.41, 5.74) is 2.44. The molecule has 0 fully saturated rings. The Morgan fingerprint density at radius 3 is 2.38 bits per heavy atom. The van der Waals surface area contributed by atoms with E-state index in [2.05, 4.69) is 24.1 Å². The van der Waals surface area contributed by atoms with Crippen molar-refractivity contribution in [2.24, 2.45) is 0 Å². The Morgan fingerprint density at radius 2 is 1.76 bits per heavy atom. The fourth-order valence-electron chi connectivity index (χ4n) is 3.19. The summed E-state index contributed by atoms with van der Waals surface area (Å²) in [5, 5.41) is 5.71. The van der Waals surface area contributed by atoms with Crippen LogP contribution in [0, 0.1) is 0 Å². The number of rotatable bonds is 5. The van der Waals surface area contributed by atoms with Crippen LogP contribution >= 0.6 is 11.3 Å². The predicted molar refractivity (Wildman–Crippen MR) is 113 cm³/mol. The van der Waals surface area contributed by atoms with E-state index in [0.29, 0.717) is 28.4 Å². The first-order valence-electron chi connectivity index (χ1n) is 9.26. The average molecular weight is 405 g/mol. The highest BCUT2D eigenvalue weighted by molar-refractivity contribution is 7.09. The lowest BCUT2D eigenvalue weighted by Crippen LogP contribution is -2.29. The number of thiazole rings is 1. The lowest BCUT2D eigenvalue weighted by atomic mass is 10.1. The molecular formula is C22H19N3O3S. The summed E-state index contributed by atoms with van der Waals surface area (Å²) in [6.07, 6.45) is 0.167. The summed E-state index contributed by atoms with van der Waals surface area (Å²) >= 11 is 1.55. The van der Waals surface area contributed by atoms with Crippen molar-refractivity contribution in [2.75, 3.05) is 10.2 Å². The van der Waals surface area contributed by atoms with E-state index in [1.165, 1.54) is 0 Å². The monoisotopic (exact) mass is 405 g/mol. The molecule has 29 heavy (non-hydrogen) atoms. The van der Waals surface area contributed by atoms with Crippen molar-refractivity contribution in [1.29, 1.82) is 0 Å². The molecule has 4 rings (SSSR count). The Balaban J connectivity index is 1.50. The molecule has 3 amide bonds. The second-order valence-electron chi connectivity index (χ2n) is 7.10. The molecule has 2 aromatic carbocycles. The second kappa shape index (κ2) is 7.60. The van der Waals surface area contributed by atoms with Crippen LogP contribution < -0.4 is 10.2 Å². The van der Waals surface area contributed by atoms with Crippen LogP contribution in [0.3, 0.4) is 0 Å². The lowest BCUT2D eigenvalue weighted by molar-refractivity contribution is -0.115. The van der Waals surface area contributed by atoms with Gasteiger partial charge in [0.1, 0.15) is 0 Å². The van der Waals surface area contributed by atoms with Crippen LogP contribution in [0.15, 0.2) is 53.9 Å². The molecule has 146 valence electrons. The van der Waals surface area contributed by atoms with Crippen molar-refractivity contribution < 1.29 is 14.4 Å². The van der Waals surface area contributed by atoms with Gasteiger partial charge in [0, 0.05) is 17.0 Å². The summed E-state index contributed by atoms with van der Waals surface area (Å²) in [5.74, 6) is -0.603. The average Bonchev–Trinajstić information content (AvgIpc) is 3.26. The van der Waals surface area contributed by atoms with E-state index < -0.39 is 0 Å². The van der Waals surface area contributed by atoms with Gasteiger partial charge in [-0.3, -0.25) is 14.4 Å². The number of fused-ring (bicyclic) bond motifs is 1. The number of benzene rings is 2. The van der Waals surface area contributed by atoms with Crippen LogP contribution in [0.1, 0.15) is 51.2 Å². The molecule has 0 atom stereocenters. The summed E-state index contributed by atoms with van der Waals surface area (Å²) < 4.78 is 0. The van der Waals surface area contributed by atoms with E-state index in [1.54, 1.807) is 59.9 Å².